The minimum absolute atomic E-state index is 0.124. The highest BCUT2D eigenvalue weighted by molar-refractivity contribution is 5.92. The molecule has 0 saturated carbocycles. The Balaban J connectivity index is 2.71. The van der Waals surface area contributed by atoms with Crippen molar-refractivity contribution < 1.29 is 9.53 Å². The van der Waals surface area contributed by atoms with Crippen molar-refractivity contribution in [2.24, 2.45) is 0 Å². The Kier molecular flexibility index (Phi) is 6.17. The molecule has 0 atom stereocenters. The van der Waals surface area contributed by atoms with Crippen molar-refractivity contribution in [1.82, 2.24) is 4.90 Å². The molecule has 4 heteroatoms. The third-order valence-electron chi connectivity index (χ3n) is 2.56. The van der Waals surface area contributed by atoms with Crippen LogP contribution in [-0.4, -0.2) is 31.0 Å². The van der Waals surface area contributed by atoms with Gasteiger partial charge in [-0.1, -0.05) is 18.2 Å². The van der Waals surface area contributed by atoms with Gasteiger partial charge in [0.05, 0.1) is 19.1 Å². The van der Waals surface area contributed by atoms with E-state index in [2.05, 4.69) is 0 Å². The monoisotopic (exact) mass is 258 g/mol. The van der Waals surface area contributed by atoms with Gasteiger partial charge in [-0.05, 0) is 19.1 Å². The van der Waals surface area contributed by atoms with Crippen molar-refractivity contribution >= 4 is 12.0 Å². The lowest BCUT2D eigenvalue weighted by atomic mass is 10.2. The summed E-state index contributed by atoms with van der Waals surface area (Å²) in [6.07, 6.45) is 3.57. The van der Waals surface area contributed by atoms with E-state index in [-0.39, 0.29) is 5.91 Å². The lowest BCUT2D eigenvalue weighted by Gasteiger charge is -2.12. The summed E-state index contributed by atoms with van der Waals surface area (Å²) in [7, 11) is 1.68. The third-order valence-corrected chi connectivity index (χ3v) is 2.56. The van der Waals surface area contributed by atoms with E-state index in [9.17, 15) is 4.79 Å². The van der Waals surface area contributed by atoms with E-state index < -0.39 is 0 Å². The average molecular weight is 258 g/mol. The summed E-state index contributed by atoms with van der Waals surface area (Å²) in [5, 5.41) is 8.48. The van der Waals surface area contributed by atoms with E-state index in [0.717, 1.165) is 11.3 Å². The number of rotatable bonds is 6. The maximum absolute atomic E-state index is 11.8. The molecule has 1 rings (SSSR count). The first-order chi connectivity index (χ1) is 9.19. The SMILES string of the molecule is CCOc1ccccc1/C=C/C(=O)N(C)CCC#N. The molecule has 0 heterocycles. The van der Waals surface area contributed by atoms with Crippen molar-refractivity contribution in [1.29, 1.82) is 5.26 Å². The fourth-order valence-corrected chi connectivity index (χ4v) is 1.52. The molecule has 100 valence electrons. The highest BCUT2D eigenvalue weighted by Crippen LogP contribution is 2.19. The number of ether oxygens (including phenoxy) is 1. The Hall–Kier alpha value is -2.28. The van der Waals surface area contributed by atoms with Crippen LogP contribution in [0.15, 0.2) is 30.3 Å². The molecule has 0 N–H and O–H groups in total. The highest BCUT2D eigenvalue weighted by Gasteiger charge is 2.04. The van der Waals surface area contributed by atoms with Crippen LogP contribution in [0.3, 0.4) is 0 Å². The first kappa shape index (κ1) is 14.8. The van der Waals surface area contributed by atoms with Gasteiger partial charge in [-0.3, -0.25) is 4.79 Å². The van der Waals surface area contributed by atoms with E-state index in [1.54, 1.807) is 13.1 Å². The van der Waals surface area contributed by atoms with Crippen LogP contribution in [-0.2, 0) is 4.79 Å². The van der Waals surface area contributed by atoms with Crippen molar-refractivity contribution in [3.63, 3.8) is 0 Å². The molecule has 4 nitrogen and oxygen atoms in total. The summed E-state index contributed by atoms with van der Waals surface area (Å²) in [4.78, 5) is 13.3. The quantitative estimate of drug-likeness (QED) is 0.736. The molecule has 1 amide bonds. The molecule has 0 aliphatic rings. The fourth-order valence-electron chi connectivity index (χ4n) is 1.52. The van der Waals surface area contributed by atoms with Gasteiger partial charge >= 0.3 is 0 Å². The molecular formula is C15H18N2O2. The zero-order chi connectivity index (χ0) is 14.1. The summed E-state index contributed by atoms with van der Waals surface area (Å²) in [6.45, 7) is 2.94. The Labute approximate surface area is 113 Å². The Bertz CT molecular complexity index is 489. The van der Waals surface area contributed by atoms with Crippen LogP contribution in [0.5, 0.6) is 5.75 Å². The van der Waals surface area contributed by atoms with Gasteiger partial charge < -0.3 is 9.64 Å². The molecule has 0 radical (unpaired) electrons. The van der Waals surface area contributed by atoms with Gasteiger partial charge in [-0.25, -0.2) is 0 Å². The van der Waals surface area contributed by atoms with Gasteiger partial charge in [-0.2, -0.15) is 5.26 Å². The third kappa shape index (κ3) is 4.84. The highest BCUT2D eigenvalue weighted by atomic mass is 16.5. The van der Waals surface area contributed by atoms with Crippen LogP contribution < -0.4 is 4.74 Å². The molecule has 0 fully saturated rings. The standard InChI is InChI=1S/C15H18N2O2/c1-3-19-14-8-5-4-7-13(14)9-10-15(18)17(2)12-6-11-16/h4-5,7-10H,3,6,12H2,1-2H3/b10-9+. The lowest BCUT2D eigenvalue weighted by molar-refractivity contribution is -0.124. The number of carbonyl (C=O) groups is 1. The molecule has 0 spiro atoms. The summed E-state index contributed by atoms with van der Waals surface area (Å²) in [5.41, 5.74) is 0.867. The fraction of sp³-hybridized carbons (Fsp3) is 0.333. The smallest absolute Gasteiger partial charge is 0.246 e. The van der Waals surface area contributed by atoms with Crippen LogP contribution in [0.25, 0.3) is 6.08 Å². The molecule has 19 heavy (non-hydrogen) atoms. The normalized spacial score (nSPS) is 10.2. The minimum Gasteiger partial charge on any atom is -0.493 e. The molecule has 0 aromatic heterocycles. The summed E-state index contributed by atoms with van der Waals surface area (Å²) >= 11 is 0. The topological polar surface area (TPSA) is 53.3 Å². The molecule has 1 aromatic rings. The van der Waals surface area contributed by atoms with Crippen LogP contribution in [0, 0.1) is 11.3 Å². The average Bonchev–Trinajstić information content (AvgIpc) is 2.43. The Morgan fingerprint density at radius 2 is 2.21 bits per heavy atom. The van der Waals surface area contributed by atoms with E-state index in [1.807, 2.05) is 37.3 Å². The number of nitriles is 1. The molecule has 0 saturated heterocycles. The Morgan fingerprint density at radius 1 is 1.47 bits per heavy atom. The summed E-state index contributed by atoms with van der Waals surface area (Å²) < 4.78 is 5.48. The number of nitrogens with zero attached hydrogens (tertiary/aromatic N) is 2. The first-order valence-corrected chi connectivity index (χ1v) is 6.21. The van der Waals surface area contributed by atoms with Gasteiger partial charge in [0.2, 0.25) is 5.91 Å². The molecule has 0 aliphatic heterocycles. The number of carbonyl (C=O) groups excluding carboxylic acids is 1. The summed E-state index contributed by atoms with van der Waals surface area (Å²) in [5.74, 6) is 0.635. The van der Waals surface area contributed by atoms with E-state index in [0.29, 0.717) is 19.6 Å². The molecule has 1 aromatic carbocycles. The second kappa shape index (κ2) is 7.93. The second-order valence-electron chi connectivity index (χ2n) is 3.97. The summed E-state index contributed by atoms with van der Waals surface area (Å²) in [6, 6.07) is 9.56. The van der Waals surface area contributed by atoms with Gasteiger partial charge in [-0.15, -0.1) is 0 Å². The molecule has 0 aliphatic carbocycles. The van der Waals surface area contributed by atoms with E-state index in [1.165, 1.54) is 11.0 Å². The zero-order valence-electron chi connectivity index (χ0n) is 11.3. The zero-order valence-corrected chi connectivity index (χ0v) is 11.3. The van der Waals surface area contributed by atoms with Crippen molar-refractivity contribution in [3.8, 4) is 11.8 Å². The van der Waals surface area contributed by atoms with Crippen LogP contribution >= 0.6 is 0 Å². The van der Waals surface area contributed by atoms with Crippen molar-refractivity contribution in [2.75, 3.05) is 20.2 Å². The number of hydrogen-bond donors (Lipinski definition) is 0. The first-order valence-electron chi connectivity index (χ1n) is 6.21. The maximum atomic E-state index is 11.8. The number of benzene rings is 1. The Morgan fingerprint density at radius 3 is 2.89 bits per heavy atom. The number of hydrogen-bond acceptors (Lipinski definition) is 3. The van der Waals surface area contributed by atoms with E-state index >= 15 is 0 Å². The molecule has 0 bridgehead atoms. The number of likely N-dealkylation sites (N-methyl/N-ethyl adjacent to an activating group) is 1. The number of amides is 1. The predicted octanol–water partition coefficient (Wildman–Crippen LogP) is 2.47. The van der Waals surface area contributed by atoms with Crippen molar-refractivity contribution in [3.05, 3.63) is 35.9 Å². The second-order valence-corrected chi connectivity index (χ2v) is 3.97. The van der Waals surface area contributed by atoms with Crippen LogP contribution in [0.2, 0.25) is 0 Å². The van der Waals surface area contributed by atoms with Gasteiger partial charge in [0.15, 0.2) is 0 Å². The van der Waals surface area contributed by atoms with Gasteiger partial charge in [0, 0.05) is 25.2 Å². The maximum Gasteiger partial charge on any atom is 0.246 e. The number of para-hydroxylation sites is 1. The van der Waals surface area contributed by atoms with Gasteiger partial charge in [0.1, 0.15) is 5.75 Å². The molecular weight excluding hydrogens is 240 g/mol. The predicted molar refractivity (Wildman–Crippen MR) is 74.5 cm³/mol. The van der Waals surface area contributed by atoms with E-state index in [4.69, 9.17) is 10.00 Å². The largest absolute Gasteiger partial charge is 0.493 e. The van der Waals surface area contributed by atoms with Crippen LogP contribution in [0.1, 0.15) is 18.9 Å². The van der Waals surface area contributed by atoms with Crippen LogP contribution in [0.4, 0.5) is 0 Å². The van der Waals surface area contributed by atoms with Crippen molar-refractivity contribution in [2.45, 2.75) is 13.3 Å². The minimum atomic E-state index is -0.124. The molecule has 0 unspecified atom stereocenters. The lowest BCUT2D eigenvalue weighted by Crippen LogP contribution is -2.25. The van der Waals surface area contributed by atoms with Gasteiger partial charge in [0.25, 0.3) is 0 Å².